The van der Waals surface area contributed by atoms with Gasteiger partial charge in [0.2, 0.25) is 0 Å². The molecule has 0 radical (unpaired) electrons. The van der Waals surface area contributed by atoms with E-state index in [0.717, 1.165) is 5.56 Å². The highest BCUT2D eigenvalue weighted by Gasteiger charge is 2.30. The maximum Gasteiger partial charge on any atom is 0.290 e. The van der Waals surface area contributed by atoms with Gasteiger partial charge < -0.3 is 0 Å². The van der Waals surface area contributed by atoms with Crippen molar-refractivity contribution in [2.24, 2.45) is 0 Å². The highest BCUT2D eigenvalue weighted by Crippen LogP contribution is 2.25. The fourth-order valence-corrected chi connectivity index (χ4v) is 1.11. The van der Waals surface area contributed by atoms with E-state index < -0.39 is 15.6 Å². The first-order valence-corrected chi connectivity index (χ1v) is 5.93. The number of carbonyl (C=O) groups excluding carboxylic acids is 2. The third kappa shape index (κ3) is 5.40. The molecule has 7 heteroatoms. The van der Waals surface area contributed by atoms with Crippen LogP contribution in [0.2, 0.25) is 0 Å². The van der Waals surface area contributed by atoms with Gasteiger partial charge in [0.25, 0.3) is 15.6 Å². The molecule has 0 aliphatic heterocycles. The molecule has 0 saturated heterocycles. The Kier molecular flexibility index (Phi) is 5.47. The van der Waals surface area contributed by atoms with Crippen LogP contribution in [0.3, 0.4) is 0 Å². The van der Waals surface area contributed by atoms with Gasteiger partial charge in [0.05, 0.1) is 0 Å². The van der Waals surface area contributed by atoms with Crippen LogP contribution in [0.5, 0.6) is 0 Å². The van der Waals surface area contributed by atoms with Crippen molar-refractivity contribution in [2.45, 2.75) is 3.79 Å². The van der Waals surface area contributed by atoms with Crippen molar-refractivity contribution in [3.63, 3.8) is 0 Å². The summed E-state index contributed by atoms with van der Waals surface area (Å²) in [7, 11) is 0. The summed E-state index contributed by atoms with van der Waals surface area (Å²) in [5.41, 5.74) is 4.90. The van der Waals surface area contributed by atoms with E-state index in [1.165, 1.54) is 6.08 Å². The van der Waals surface area contributed by atoms with Gasteiger partial charge in [-0.25, -0.2) is 0 Å². The molecule has 96 valence electrons. The SMILES string of the molecule is O=C(/C=C/c1ccccc1)NNC(=O)C(Cl)(Cl)Cl. The molecule has 0 saturated carbocycles. The van der Waals surface area contributed by atoms with Crippen molar-refractivity contribution in [3.8, 4) is 0 Å². The number of alkyl halides is 3. The first kappa shape index (κ1) is 14.8. The normalized spacial score (nSPS) is 11.3. The van der Waals surface area contributed by atoms with Gasteiger partial charge in [0.1, 0.15) is 0 Å². The van der Waals surface area contributed by atoms with Crippen LogP contribution >= 0.6 is 34.8 Å². The number of benzene rings is 1. The van der Waals surface area contributed by atoms with Gasteiger partial charge >= 0.3 is 0 Å². The topological polar surface area (TPSA) is 58.2 Å². The smallest absolute Gasteiger partial charge is 0.268 e. The predicted octanol–water partition coefficient (Wildman–Crippen LogP) is 2.22. The highest BCUT2D eigenvalue weighted by molar-refractivity contribution is 6.76. The number of carbonyl (C=O) groups is 2. The summed E-state index contributed by atoms with van der Waals surface area (Å²) in [6.07, 6.45) is 2.82. The third-order valence-electron chi connectivity index (χ3n) is 1.78. The van der Waals surface area contributed by atoms with Crippen LogP contribution in [-0.2, 0) is 9.59 Å². The zero-order valence-corrected chi connectivity index (χ0v) is 11.3. The first-order chi connectivity index (χ1) is 8.39. The number of hydrogen-bond donors (Lipinski definition) is 2. The Balaban J connectivity index is 2.44. The van der Waals surface area contributed by atoms with Crippen LogP contribution < -0.4 is 10.9 Å². The van der Waals surface area contributed by atoms with Crippen LogP contribution in [0.15, 0.2) is 36.4 Å². The minimum Gasteiger partial charge on any atom is -0.268 e. The number of hydrogen-bond acceptors (Lipinski definition) is 2. The summed E-state index contributed by atoms with van der Waals surface area (Å²) in [4.78, 5) is 22.4. The first-order valence-electron chi connectivity index (χ1n) is 4.80. The Hall–Kier alpha value is -1.23. The van der Waals surface area contributed by atoms with E-state index in [0.29, 0.717) is 0 Å². The molecule has 0 spiro atoms. The standard InChI is InChI=1S/C11H9Cl3N2O2/c12-11(13,14)10(18)16-15-9(17)7-6-8-4-2-1-3-5-8/h1-7H,(H,15,17)(H,16,18)/b7-6+. The fourth-order valence-electron chi connectivity index (χ4n) is 0.967. The molecule has 0 aromatic heterocycles. The zero-order valence-electron chi connectivity index (χ0n) is 8.99. The molecule has 2 amide bonds. The average Bonchev–Trinajstić information content (AvgIpc) is 2.33. The molecular weight excluding hydrogens is 298 g/mol. The summed E-state index contributed by atoms with van der Waals surface area (Å²) in [6.45, 7) is 0. The number of nitrogens with one attached hydrogen (secondary N) is 2. The van der Waals surface area contributed by atoms with Gasteiger partial charge in [-0.3, -0.25) is 20.4 Å². The average molecular weight is 308 g/mol. The number of amides is 2. The lowest BCUT2D eigenvalue weighted by molar-refractivity contribution is -0.126. The Morgan fingerprint density at radius 2 is 1.67 bits per heavy atom. The second kappa shape index (κ2) is 6.64. The van der Waals surface area contributed by atoms with Crippen molar-refractivity contribution < 1.29 is 9.59 Å². The molecule has 1 aromatic rings. The van der Waals surface area contributed by atoms with Crippen molar-refractivity contribution in [3.05, 3.63) is 42.0 Å². The van der Waals surface area contributed by atoms with E-state index in [1.807, 2.05) is 35.8 Å². The van der Waals surface area contributed by atoms with E-state index in [-0.39, 0.29) is 0 Å². The van der Waals surface area contributed by atoms with E-state index >= 15 is 0 Å². The Labute approximate surface area is 119 Å². The quantitative estimate of drug-likeness (QED) is 0.500. The van der Waals surface area contributed by atoms with Crippen molar-refractivity contribution in [1.29, 1.82) is 0 Å². The molecule has 0 aliphatic rings. The molecule has 1 aromatic carbocycles. The van der Waals surface area contributed by atoms with Gasteiger partial charge in [0, 0.05) is 6.08 Å². The lowest BCUT2D eigenvalue weighted by Gasteiger charge is -2.10. The molecule has 0 bridgehead atoms. The molecule has 0 heterocycles. The van der Waals surface area contributed by atoms with Gasteiger partial charge in [-0.15, -0.1) is 0 Å². The fraction of sp³-hybridized carbons (Fsp3) is 0.0909. The summed E-state index contributed by atoms with van der Waals surface area (Å²) in [5, 5.41) is 0. The van der Waals surface area contributed by atoms with Gasteiger partial charge in [-0.2, -0.15) is 0 Å². The van der Waals surface area contributed by atoms with E-state index in [1.54, 1.807) is 6.08 Å². The number of rotatable bonds is 2. The molecular formula is C11H9Cl3N2O2. The molecule has 0 atom stereocenters. The monoisotopic (exact) mass is 306 g/mol. The molecule has 0 aliphatic carbocycles. The van der Waals surface area contributed by atoms with E-state index in [4.69, 9.17) is 34.8 Å². The van der Waals surface area contributed by atoms with Gasteiger partial charge in [0.15, 0.2) is 0 Å². The maximum absolute atomic E-state index is 11.3. The lowest BCUT2D eigenvalue weighted by atomic mass is 10.2. The summed E-state index contributed by atoms with van der Waals surface area (Å²) < 4.78 is -2.11. The highest BCUT2D eigenvalue weighted by atomic mass is 35.6. The molecule has 2 N–H and O–H groups in total. The predicted molar refractivity (Wildman–Crippen MR) is 72.1 cm³/mol. The van der Waals surface area contributed by atoms with Crippen molar-refractivity contribution in [2.75, 3.05) is 0 Å². The van der Waals surface area contributed by atoms with Crippen LogP contribution in [0.4, 0.5) is 0 Å². The summed E-state index contributed by atoms with van der Waals surface area (Å²) >= 11 is 15.9. The van der Waals surface area contributed by atoms with E-state index in [9.17, 15) is 9.59 Å². The number of hydrazine groups is 1. The lowest BCUT2D eigenvalue weighted by Crippen LogP contribution is -2.46. The molecule has 0 unspecified atom stereocenters. The Bertz CT molecular complexity index is 455. The Morgan fingerprint density at radius 3 is 2.22 bits per heavy atom. The summed E-state index contributed by atoms with van der Waals surface area (Å²) in [6, 6.07) is 9.18. The second-order valence-corrected chi connectivity index (χ2v) is 5.47. The van der Waals surface area contributed by atoms with Gasteiger partial charge in [-0.1, -0.05) is 65.1 Å². The van der Waals surface area contributed by atoms with Crippen molar-refractivity contribution in [1.82, 2.24) is 10.9 Å². The molecule has 0 fully saturated rings. The minimum absolute atomic E-state index is 0.540. The minimum atomic E-state index is -2.11. The van der Waals surface area contributed by atoms with E-state index in [2.05, 4.69) is 5.43 Å². The van der Waals surface area contributed by atoms with Crippen LogP contribution in [0.25, 0.3) is 6.08 Å². The van der Waals surface area contributed by atoms with Crippen LogP contribution in [-0.4, -0.2) is 15.6 Å². The Morgan fingerprint density at radius 1 is 1.06 bits per heavy atom. The van der Waals surface area contributed by atoms with Crippen LogP contribution in [0.1, 0.15) is 5.56 Å². The summed E-state index contributed by atoms with van der Waals surface area (Å²) in [5.74, 6) is -1.48. The van der Waals surface area contributed by atoms with Crippen LogP contribution in [0, 0.1) is 0 Å². The van der Waals surface area contributed by atoms with Gasteiger partial charge in [-0.05, 0) is 11.6 Å². The second-order valence-electron chi connectivity index (χ2n) is 3.19. The maximum atomic E-state index is 11.3. The zero-order chi connectivity index (χ0) is 13.6. The third-order valence-corrected chi connectivity index (χ3v) is 2.30. The molecule has 4 nitrogen and oxygen atoms in total. The van der Waals surface area contributed by atoms with Crippen molar-refractivity contribution >= 4 is 52.7 Å². The molecule has 1 rings (SSSR count). The largest absolute Gasteiger partial charge is 0.290 e. The number of halogens is 3. The molecule has 18 heavy (non-hydrogen) atoms.